The van der Waals surface area contributed by atoms with Gasteiger partial charge in [0.05, 0.1) is 29.3 Å². The summed E-state index contributed by atoms with van der Waals surface area (Å²) in [4.78, 5) is 0. The van der Waals surface area contributed by atoms with E-state index in [9.17, 15) is 4.39 Å². The lowest BCUT2D eigenvalue weighted by atomic mass is 9.98. The second kappa shape index (κ2) is 9.49. The van der Waals surface area contributed by atoms with Crippen molar-refractivity contribution in [3.63, 3.8) is 0 Å². The predicted octanol–water partition coefficient (Wildman–Crippen LogP) is 6.63. The molecule has 0 fully saturated rings. The van der Waals surface area contributed by atoms with Gasteiger partial charge in [0.15, 0.2) is 0 Å². The van der Waals surface area contributed by atoms with Crippen molar-refractivity contribution in [1.29, 1.82) is 0 Å². The maximum atomic E-state index is 13.0. The van der Waals surface area contributed by atoms with Crippen LogP contribution in [0.5, 0.6) is 0 Å². The molecule has 0 saturated carbocycles. The summed E-state index contributed by atoms with van der Waals surface area (Å²) in [6.45, 7) is 0. The van der Waals surface area contributed by atoms with E-state index in [1.54, 1.807) is 18.3 Å². The fraction of sp³-hybridized carbons (Fsp3) is 0.0714. The average Bonchev–Trinajstić information content (AvgIpc) is 3.32. The largest absolute Gasteiger partial charge is 0.279 e. The summed E-state index contributed by atoms with van der Waals surface area (Å²) in [6.07, 6.45) is 2.59. The number of hydrogen-bond acceptors (Lipinski definition) is 4. The van der Waals surface area contributed by atoms with Crippen molar-refractivity contribution in [3.05, 3.63) is 132 Å². The first-order valence-electron chi connectivity index (χ1n) is 10.9. The third-order valence-corrected chi connectivity index (χ3v) is 5.61. The van der Waals surface area contributed by atoms with Crippen LogP contribution in [0.2, 0.25) is 0 Å². The SMILES string of the molecule is Fc1ccc(N/N=C/c2ccc(N3N=C(c4ccccc4)CC3c3ccccc3)cc2)cc1. The molecule has 1 unspecified atom stereocenters. The molecule has 0 amide bonds. The first kappa shape index (κ1) is 20.6. The van der Waals surface area contributed by atoms with E-state index in [-0.39, 0.29) is 11.9 Å². The molecule has 0 bridgehead atoms. The molecule has 1 atom stereocenters. The second-order valence-corrected chi connectivity index (χ2v) is 7.86. The van der Waals surface area contributed by atoms with E-state index in [4.69, 9.17) is 5.10 Å². The molecule has 4 aromatic rings. The molecule has 1 heterocycles. The molecule has 5 heteroatoms. The highest BCUT2D eigenvalue weighted by atomic mass is 19.1. The van der Waals surface area contributed by atoms with Crippen LogP contribution in [0.1, 0.15) is 29.2 Å². The molecule has 1 aliphatic rings. The van der Waals surface area contributed by atoms with Gasteiger partial charge in [-0.15, -0.1) is 0 Å². The monoisotopic (exact) mass is 434 g/mol. The minimum absolute atomic E-state index is 0.140. The molecule has 1 N–H and O–H groups in total. The van der Waals surface area contributed by atoms with Crippen LogP contribution in [0.15, 0.2) is 119 Å². The van der Waals surface area contributed by atoms with Gasteiger partial charge in [0, 0.05) is 6.42 Å². The summed E-state index contributed by atoms with van der Waals surface area (Å²) in [5, 5.41) is 11.3. The normalized spacial score (nSPS) is 15.6. The zero-order chi connectivity index (χ0) is 22.5. The number of hydrogen-bond donors (Lipinski definition) is 1. The Kier molecular flexibility index (Phi) is 5.93. The zero-order valence-electron chi connectivity index (χ0n) is 18.0. The Balaban J connectivity index is 1.36. The molecule has 4 nitrogen and oxygen atoms in total. The highest BCUT2D eigenvalue weighted by molar-refractivity contribution is 6.03. The Morgan fingerprint density at radius 1 is 0.818 bits per heavy atom. The Morgan fingerprint density at radius 2 is 1.48 bits per heavy atom. The number of anilines is 2. The molecule has 0 saturated heterocycles. The van der Waals surface area contributed by atoms with Crippen LogP contribution in [0.3, 0.4) is 0 Å². The standard InChI is InChI=1S/C28H23FN4/c29-24-13-15-25(16-14-24)31-30-20-21-11-17-26(18-12-21)33-28(23-9-5-2-6-10-23)19-27(32-33)22-7-3-1-4-8-22/h1-18,20,28,31H,19H2/b30-20+. The van der Waals surface area contributed by atoms with Crippen LogP contribution in [0.4, 0.5) is 15.8 Å². The number of hydrazone groups is 2. The number of nitrogens with zero attached hydrogens (tertiary/aromatic N) is 3. The summed E-state index contributed by atoms with van der Waals surface area (Å²) in [5.74, 6) is -0.270. The smallest absolute Gasteiger partial charge is 0.123 e. The highest BCUT2D eigenvalue weighted by Crippen LogP contribution is 2.36. The number of nitrogens with one attached hydrogen (secondary N) is 1. The summed E-state index contributed by atoms with van der Waals surface area (Å²) in [7, 11) is 0. The van der Waals surface area contributed by atoms with Gasteiger partial charge in [0.25, 0.3) is 0 Å². The number of rotatable bonds is 6. The minimum Gasteiger partial charge on any atom is -0.279 e. The average molecular weight is 435 g/mol. The molecule has 4 aromatic carbocycles. The fourth-order valence-corrected chi connectivity index (χ4v) is 3.91. The first-order chi connectivity index (χ1) is 16.3. The summed E-state index contributed by atoms with van der Waals surface area (Å²) in [6, 6.07) is 35.2. The van der Waals surface area contributed by atoms with Gasteiger partial charge in [-0.3, -0.25) is 10.4 Å². The molecular weight excluding hydrogens is 411 g/mol. The zero-order valence-corrected chi connectivity index (χ0v) is 18.0. The molecule has 33 heavy (non-hydrogen) atoms. The molecule has 162 valence electrons. The first-order valence-corrected chi connectivity index (χ1v) is 10.9. The molecular formula is C28H23FN4. The van der Waals surface area contributed by atoms with Gasteiger partial charge in [-0.2, -0.15) is 10.2 Å². The maximum Gasteiger partial charge on any atom is 0.123 e. The van der Waals surface area contributed by atoms with Crippen LogP contribution in [0, 0.1) is 5.82 Å². The van der Waals surface area contributed by atoms with Gasteiger partial charge in [-0.25, -0.2) is 4.39 Å². The van der Waals surface area contributed by atoms with E-state index in [0.717, 1.165) is 34.6 Å². The van der Waals surface area contributed by atoms with Crippen molar-refractivity contribution in [2.75, 3.05) is 10.4 Å². The maximum absolute atomic E-state index is 13.0. The van der Waals surface area contributed by atoms with E-state index < -0.39 is 0 Å². The quantitative estimate of drug-likeness (QED) is 0.273. The fourth-order valence-electron chi connectivity index (χ4n) is 3.91. The van der Waals surface area contributed by atoms with Crippen LogP contribution in [-0.2, 0) is 0 Å². The number of benzene rings is 4. The Hall–Kier alpha value is -4.25. The Labute approximate surface area is 192 Å². The third kappa shape index (κ3) is 4.83. The predicted molar refractivity (Wildman–Crippen MR) is 133 cm³/mol. The van der Waals surface area contributed by atoms with Crippen molar-refractivity contribution in [2.45, 2.75) is 12.5 Å². The Bertz CT molecular complexity index is 1250. The lowest BCUT2D eigenvalue weighted by Gasteiger charge is -2.24. The lowest BCUT2D eigenvalue weighted by Crippen LogP contribution is -2.18. The summed E-state index contributed by atoms with van der Waals surface area (Å²) >= 11 is 0. The van der Waals surface area contributed by atoms with Crippen molar-refractivity contribution in [1.82, 2.24) is 0 Å². The topological polar surface area (TPSA) is 40.0 Å². The molecule has 0 spiro atoms. The van der Waals surface area contributed by atoms with Crippen molar-refractivity contribution < 1.29 is 4.39 Å². The number of halogens is 1. The van der Waals surface area contributed by atoms with Gasteiger partial charge in [0.2, 0.25) is 0 Å². The van der Waals surface area contributed by atoms with Crippen LogP contribution in [0.25, 0.3) is 0 Å². The van der Waals surface area contributed by atoms with Gasteiger partial charge in [-0.05, 0) is 53.1 Å². The van der Waals surface area contributed by atoms with Gasteiger partial charge < -0.3 is 0 Å². The van der Waals surface area contributed by atoms with E-state index in [0.29, 0.717) is 0 Å². The molecule has 1 aliphatic heterocycles. The summed E-state index contributed by atoms with van der Waals surface area (Å²) in [5.41, 5.74) is 9.09. The van der Waals surface area contributed by atoms with Crippen LogP contribution in [-0.4, -0.2) is 11.9 Å². The molecule has 5 rings (SSSR count). The van der Waals surface area contributed by atoms with E-state index >= 15 is 0 Å². The van der Waals surface area contributed by atoms with Crippen molar-refractivity contribution >= 4 is 23.3 Å². The molecule has 0 aromatic heterocycles. The van der Waals surface area contributed by atoms with Gasteiger partial charge in [-0.1, -0.05) is 72.8 Å². The van der Waals surface area contributed by atoms with E-state index in [1.165, 1.54) is 17.7 Å². The van der Waals surface area contributed by atoms with Crippen molar-refractivity contribution in [3.8, 4) is 0 Å². The second-order valence-electron chi connectivity index (χ2n) is 7.86. The van der Waals surface area contributed by atoms with E-state index in [1.807, 2.05) is 36.4 Å². The highest BCUT2D eigenvalue weighted by Gasteiger charge is 2.29. The van der Waals surface area contributed by atoms with Gasteiger partial charge >= 0.3 is 0 Å². The van der Waals surface area contributed by atoms with Crippen molar-refractivity contribution in [2.24, 2.45) is 10.2 Å². The molecule has 0 aliphatic carbocycles. The summed E-state index contributed by atoms with van der Waals surface area (Å²) < 4.78 is 13.0. The van der Waals surface area contributed by atoms with E-state index in [2.05, 4.69) is 64.1 Å². The third-order valence-electron chi connectivity index (χ3n) is 5.61. The Morgan fingerprint density at radius 3 is 2.18 bits per heavy atom. The molecule has 0 radical (unpaired) electrons. The lowest BCUT2D eigenvalue weighted by molar-refractivity contribution is 0.628. The minimum atomic E-state index is -0.270. The van der Waals surface area contributed by atoms with Crippen LogP contribution >= 0.6 is 0 Å². The van der Waals surface area contributed by atoms with Crippen LogP contribution < -0.4 is 10.4 Å². The van der Waals surface area contributed by atoms with Gasteiger partial charge in [0.1, 0.15) is 5.82 Å².